The van der Waals surface area contributed by atoms with Crippen molar-refractivity contribution in [1.82, 2.24) is 0 Å². The minimum Gasteiger partial charge on any atom is -0.497 e. The van der Waals surface area contributed by atoms with Crippen molar-refractivity contribution in [2.75, 3.05) is 12.4 Å². The molecule has 1 heterocycles. The van der Waals surface area contributed by atoms with Gasteiger partial charge in [0.2, 0.25) is 0 Å². The first-order valence-corrected chi connectivity index (χ1v) is 4.90. The Labute approximate surface area is 88.2 Å². The Kier molecular flexibility index (Phi) is 2.49. The molecule has 0 fully saturated rings. The molecular weight excluding hydrogens is 194 g/mol. The van der Waals surface area contributed by atoms with E-state index in [0.717, 1.165) is 0 Å². The molecule has 15 heavy (non-hydrogen) atoms. The molecule has 1 aliphatic rings. The highest BCUT2D eigenvalue weighted by molar-refractivity contribution is 5.97. The molecular formula is C11H13NO3. The standard InChI is InChI=1S/C11H13NO3/c1-3-9-11(13)12-8-6-7(14-2)4-5-10(8)15-9/h4-6,9H,3H2,1-2H3,(H,12,13). The van der Waals surface area contributed by atoms with E-state index in [1.54, 1.807) is 19.2 Å². The second kappa shape index (κ2) is 3.81. The minimum absolute atomic E-state index is 0.0988. The van der Waals surface area contributed by atoms with Gasteiger partial charge >= 0.3 is 0 Å². The van der Waals surface area contributed by atoms with Crippen LogP contribution in [-0.2, 0) is 4.79 Å². The number of methoxy groups -OCH3 is 1. The highest BCUT2D eigenvalue weighted by atomic mass is 16.5. The molecule has 4 nitrogen and oxygen atoms in total. The molecule has 1 aliphatic heterocycles. The Hall–Kier alpha value is -1.71. The van der Waals surface area contributed by atoms with E-state index in [2.05, 4.69) is 5.32 Å². The predicted octanol–water partition coefficient (Wildman–Crippen LogP) is 1.80. The van der Waals surface area contributed by atoms with Gasteiger partial charge in [-0.2, -0.15) is 0 Å². The third-order valence-corrected chi connectivity index (χ3v) is 2.38. The molecule has 0 saturated carbocycles. The quantitative estimate of drug-likeness (QED) is 0.804. The molecule has 4 heteroatoms. The van der Waals surface area contributed by atoms with Crippen molar-refractivity contribution in [3.63, 3.8) is 0 Å². The third kappa shape index (κ3) is 1.75. The fraction of sp³-hybridized carbons (Fsp3) is 0.364. The number of ether oxygens (including phenoxy) is 2. The summed E-state index contributed by atoms with van der Waals surface area (Å²) >= 11 is 0. The van der Waals surface area contributed by atoms with Gasteiger partial charge in [0.1, 0.15) is 11.5 Å². The Bertz CT molecular complexity index is 389. The first kappa shape index (κ1) is 9.83. The lowest BCUT2D eigenvalue weighted by molar-refractivity contribution is -0.123. The molecule has 0 bridgehead atoms. The Morgan fingerprint density at radius 2 is 2.33 bits per heavy atom. The van der Waals surface area contributed by atoms with Gasteiger partial charge in [-0.15, -0.1) is 0 Å². The number of carbonyl (C=O) groups is 1. The van der Waals surface area contributed by atoms with Crippen LogP contribution in [0.2, 0.25) is 0 Å². The van der Waals surface area contributed by atoms with Crippen LogP contribution in [0.4, 0.5) is 5.69 Å². The molecule has 1 atom stereocenters. The molecule has 1 N–H and O–H groups in total. The van der Waals surface area contributed by atoms with Gasteiger partial charge in [-0.1, -0.05) is 6.92 Å². The summed E-state index contributed by atoms with van der Waals surface area (Å²) in [7, 11) is 1.59. The van der Waals surface area contributed by atoms with E-state index in [9.17, 15) is 4.79 Å². The van der Waals surface area contributed by atoms with Crippen LogP contribution in [-0.4, -0.2) is 19.1 Å². The molecule has 1 aromatic carbocycles. The van der Waals surface area contributed by atoms with Crippen molar-refractivity contribution in [2.45, 2.75) is 19.4 Å². The second-order valence-corrected chi connectivity index (χ2v) is 3.37. The van der Waals surface area contributed by atoms with Gasteiger partial charge < -0.3 is 14.8 Å². The molecule has 0 radical (unpaired) electrons. The fourth-order valence-corrected chi connectivity index (χ4v) is 1.53. The number of hydrogen-bond acceptors (Lipinski definition) is 3. The lowest BCUT2D eigenvalue weighted by Gasteiger charge is -2.25. The van der Waals surface area contributed by atoms with Gasteiger partial charge in [-0.3, -0.25) is 4.79 Å². The minimum atomic E-state index is -0.383. The normalized spacial score (nSPS) is 18.8. The van der Waals surface area contributed by atoms with Gasteiger partial charge in [0.15, 0.2) is 6.10 Å². The molecule has 1 unspecified atom stereocenters. The Morgan fingerprint density at radius 3 is 3.00 bits per heavy atom. The van der Waals surface area contributed by atoms with Gasteiger partial charge in [0.05, 0.1) is 12.8 Å². The third-order valence-electron chi connectivity index (χ3n) is 2.38. The highest BCUT2D eigenvalue weighted by Gasteiger charge is 2.25. The van der Waals surface area contributed by atoms with Crippen LogP contribution in [0.5, 0.6) is 11.5 Å². The fourth-order valence-electron chi connectivity index (χ4n) is 1.53. The molecule has 0 spiro atoms. The van der Waals surface area contributed by atoms with E-state index in [4.69, 9.17) is 9.47 Å². The maximum atomic E-state index is 11.5. The van der Waals surface area contributed by atoms with Crippen LogP contribution in [0.1, 0.15) is 13.3 Å². The first-order valence-electron chi connectivity index (χ1n) is 4.90. The van der Waals surface area contributed by atoms with E-state index in [1.807, 2.05) is 13.0 Å². The van der Waals surface area contributed by atoms with Crippen LogP contribution < -0.4 is 14.8 Å². The maximum Gasteiger partial charge on any atom is 0.265 e. The average Bonchev–Trinajstić information content (AvgIpc) is 2.27. The number of carbonyl (C=O) groups excluding carboxylic acids is 1. The zero-order valence-electron chi connectivity index (χ0n) is 8.74. The summed E-state index contributed by atoms with van der Waals surface area (Å²) in [6, 6.07) is 5.36. The lowest BCUT2D eigenvalue weighted by Crippen LogP contribution is -2.36. The summed E-state index contributed by atoms with van der Waals surface area (Å²) in [5.74, 6) is 1.30. The molecule has 80 valence electrons. The lowest BCUT2D eigenvalue weighted by atomic mass is 10.2. The number of amides is 1. The van der Waals surface area contributed by atoms with Crippen molar-refractivity contribution in [3.05, 3.63) is 18.2 Å². The van der Waals surface area contributed by atoms with E-state index < -0.39 is 0 Å². The number of nitrogens with one attached hydrogen (secondary N) is 1. The van der Waals surface area contributed by atoms with Crippen molar-refractivity contribution in [1.29, 1.82) is 0 Å². The highest BCUT2D eigenvalue weighted by Crippen LogP contribution is 2.33. The maximum absolute atomic E-state index is 11.5. The van der Waals surface area contributed by atoms with Gasteiger partial charge in [0, 0.05) is 6.07 Å². The first-order chi connectivity index (χ1) is 7.24. The largest absolute Gasteiger partial charge is 0.497 e. The summed E-state index contributed by atoms with van der Waals surface area (Å²) in [5, 5.41) is 2.79. The summed E-state index contributed by atoms with van der Waals surface area (Å²) in [4.78, 5) is 11.5. The molecule has 1 amide bonds. The smallest absolute Gasteiger partial charge is 0.265 e. The number of anilines is 1. The van der Waals surface area contributed by atoms with Gasteiger partial charge in [-0.05, 0) is 18.6 Å². The van der Waals surface area contributed by atoms with E-state index in [1.165, 1.54) is 0 Å². The van der Waals surface area contributed by atoms with Crippen LogP contribution >= 0.6 is 0 Å². The summed E-state index contributed by atoms with van der Waals surface area (Å²) < 4.78 is 10.6. The van der Waals surface area contributed by atoms with Crippen molar-refractivity contribution in [3.8, 4) is 11.5 Å². The summed E-state index contributed by atoms with van der Waals surface area (Å²) in [5.41, 5.74) is 0.670. The Morgan fingerprint density at radius 1 is 1.53 bits per heavy atom. The van der Waals surface area contributed by atoms with Crippen molar-refractivity contribution < 1.29 is 14.3 Å². The van der Waals surface area contributed by atoms with Crippen LogP contribution in [0, 0.1) is 0 Å². The Balaban J connectivity index is 2.32. The van der Waals surface area contributed by atoms with E-state index >= 15 is 0 Å². The van der Waals surface area contributed by atoms with Crippen molar-refractivity contribution in [2.24, 2.45) is 0 Å². The number of fused-ring (bicyclic) bond motifs is 1. The SMILES string of the molecule is CCC1Oc2ccc(OC)cc2NC1=O. The molecule has 0 aromatic heterocycles. The predicted molar refractivity (Wildman–Crippen MR) is 56.3 cm³/mol. The number of hydrogen-bond donors (Lipinski definition) is 1. The second-order valence-electron chi connectivity index (χ2n) is 3.37. The van der Waals surface area contributed by atoms with Crippen LogP contribution in [0.25, 0.3) is 0 Å². The van der Waals surface area contributed by atoms with Gasteiger partial charge in [-0.25, -0.2) is 0 Å². The zero-order chi connectivity index (χ0) is 10.8. The monoisotopic (exact) mass is 207 g/mol. The van der Waals surface area contributed by atoms with Gasteiger partial charge in [0.25, 0.3) is 5.91 Å². The molecule has 2 rings (SSSR count). The average molecular weight is 207 g/mol. The number of benzene rings is 1. The van der Waals surface area contributed by atoms with E-state index in [0.29, 0.717) is 23.6 Å². The van der Waals surface area contributed by atoms with Crippen molar-refractivity contribution >= 4 is 11.6 Å². The molecule has 0 saturated heterocycles. The number of rotatable bonds is 2. The summed E-state index contributed by atoms with van der Waals surface area (Å²) in [6.45, 7) is 1.92. The van der Waals surface area contributed by atoms with E-state index in [-0.39, 0.29) is 12.0 Å². The topological polar surface area (TPSA) is 47.6 Å². The molecule has 0 aliphatic carbocycles. The zero-order valence-corrected chi connectivity index (χ0v) is 8.74. The molecule has 1 aromatic rings. The summed E-state index contributed by atoms with van der Waals surface area (Å²) in [6.07, 6.45) is 0.281. The van der Waals surface area contributed by atoms with Crippen LogP contribution in [0.15, 0.2) is 18.2 Å². The van der Waals surface area contributed by atoms with Crippen LogP contribution in [0.3, 0.4) is 0 Å².